The Kier molecular flexibility index (Phi) is 5.88. The molecule has 0 aliphatic carbocycles. The molecule has 2 amide bonds. The molecule has 25 heavy (non-hydrogen) atoms. The van der Waals surface area contributed by atoms with Crippen molar-refractivity contribution in [3.05, 3.63) is 0 Å². The Morgan fingerprint density at radius 2 is 1.96 bits per heavy atom. The van der Waals surface area contributed by atoms with Crippen LogP contribution in [0.15, 0.2) is 0 Å². The number of nitrogens with zero attached hydrogens (tertiary/aromatic N) is 4. The summed E-state index contributed by atoms with van der Waals surface area (Å²) >= 11 is 1.48. The van der Waals surface area contributed by atoms with Crippen molar-refractivity contribution in [3.8, 4) is 0 Å². The monoisotopic (exact) mass is 365 g/mol. The zero-order valence-electron chi connectivity index (χ0n) is 15.0. The summed E-state index contributed by atoms with van der Waals surface area (Å²) in [5.41, 5.74) is 0. The number of rotatable bonds is 6. The molecule has 1 aromatic rings. The summed E-state index contributed by atoms with van der Waals surface area (Å²) in [4.78, 5) is 28.0. The lowest BCUT2D eigenvalue weighted by Gasteiger charge is -2.30. The maximum atomic E-state index is 12.2. The SMILES string of the molecule is CC(C)CCNC(=O)C1CCN(c2nnc(N3CCCC3=O)s2)CC1. The van der Waals surface area contributed by atoms with Crippen molar-refractivity contribution < 1.29 is 9.59 Å². The van der Waals surface area contributed by atoms with Gasteiger partial charge in [0.25, 0.3) is 0 Å². The highest BCUT2D eigenvalue weighted by Crippen LogP contribution is 2.32. The number of aromatic nitrogens is 2. The molecule has 1 N–H and O–H groups in total. The average Bonchev–Trinajstić information content (AvgIpc) is 3.23. The minimum Gasteiger partial charge on any atom is -0.356 e. The van der Waals surface area contributed by atoms with Gasteiger partial charge in [0.15, 0.2) is 0 Å². The van der Waals surface area contributed by atoms with Gasteiger partial charge in [0.05, 0.1) is 0 Å². The van der Waals surface area contributed by atoms with Crippen LogP contribution in [0, 0.1) is 11.8 Å². The Hall–Kier alpha value is -1.70. The molecule has 0 unspecified atom stereocenters. The molecule has 3 rings (SSSR count). The van der Waals surface area contributed by atoms with Gasteiger partial charge in [0.1, 0.15) is 0 Å². The van der Waals surface area contributed by atoms with Gasteiger partial charge < -0.3 is 10.2 Å². The number of anilines is 2. The topological polar surface area (TPSA) is 78.4 Å². The Bertz CT molecular complexity index is 610. The number of piperidine rings is 1. The Morgan fingerprint density at radius 1 is 1.24 bits per heavy atom. The van der Waals surface area contributed by atoms with Crippen LogP contribution in [0.3, 0.4) is 0 Å². The Labute approximate surface area is 152 Å². The van der Waals surface area contributed by atoms with Crippen LogP contribution in [0.5, 0.6) is 0 Å². The zero-order chi connectivity index (χ0) is 17.8. The van der Waals surface area contributed by atoms with E-state index in [1.54, 1.807) is 4.90 Å². The molecule has 2 fully saturated rings. The lowest BCUT2D eigenvalue weighted by atomic mass is 9.96. The van der Waals surface area contributed by atoms with E-state index in [0.29, 0.717) is 17.5 Å². The van der Waals surface area contributed by atoms with Crippen molar-refractivity contribution in [2.24, 2.45) is 11.8 Å². The van der Waals surface area contributed by atoms with Crippen LogP contribution >= 0.6 is 11.3 Å². The maximum Gasteiger partial charge on any atom is 0.228 e. The van der Waals surface area contributed by atoms with Gasteiger partial charge in [-0.05, 0) is 31.6 Å². The van der Waals surface area contributed by atoms with Crippen molar-refractivity contribution in [2.75, 3.05) is 36.0 Å². The van der Waals surface area contributed by atoms with Crippen molar-refractivity contribution in [2.45, 2.75) is 46.0 Å². The third kappa shape index (κ3) is 4.48. The summed E-state index contributed by atoms with van der Waals surface area (Å²) in [5, 5.41) is 13.1. The molecule has 0 atom stereocenters. The average molecular weight is 366 g/mol. The van der Waals surface area contributed by atoms with Gasteiger partial charge in [-0.2, -0.15) is 0 Å². The fourth-order valence-electron chi connectivity index (χ4n) is 3.26. The number of nitrogens with one attached hydrogen (secondary N) is 1. The predicted molar refractivity (Wildman–Crippen MR) is 98.9 cm³/mol. The fourth-order valence-corrected chi connectivity index (χ4v) is 4.20. The van der Waals surface area contributed by atoms with Gasteiger partial charge in [0.2, 0.25) is 22.1 Å². The smallest absolute Gasteiger partial charge is 0.228 e. The molecule has 138 valence electrons. The van der Waals surface area contributed by atoms with E-state index >= 15 is 0 Å². The first-order valence-corrected chi connectivity index (χ1v) is 10.0. The molecule has 0 saturated carbocycles. The zero-order valence-corrected chi connectivity index (χ0v) is 15.8. The molecule has 0 radical (unpaired) electrons. The minimum absolute atomic E-state index is 0.0935. The second-order valence-corrected chi connectivity index (χ2v) is 8.19. The Balaban J connectivity index is 1.48. The highest BCUT2D eigenvalue weighted by molar-refractivity contribution is 7.19. The van der Waals surface area contributed by atoms with E-state index < -0.39 is 0 Å². The number of carbonyl (C=O) groups is 2. The van der Waals surface area contributed by atoms with Crippen molar-refractivity contribution >= 4 is 33.4 Å². The van der Waals surface area contributed by atoms with Crippen LogP contribution in [0.25, 0.3) is 0 Å². The van der Waals surface area contributed by atoms with Crippen molar-refractivity contribution in [1.29, 1.82) is 0 Å². The summed E-state index contributed by atoms with van der Waals surface area (Å²) in [6, 6.07) is 0. The molecule has 2 saturated heterocycles. The maximum absolute atomic E-state index is 12.2. The molecule has 8 heteroatoms. The molecule has 1 aromatic heterocycles. The molecule has 7 nitrogen and oxygen atoms in total. The van der Waals surface area contributed by atoms with Crippen LogP contribution in [0.4, 0.5) is 10.3 Å². The van der Waals surface area contributed by atoms with E-state index in [4.69, 9.17) is 0 Å². The summed E-state index contributed by atoms with van der Waals surface area (Å²) in [6.07, 6.45) is 4.20. The number of carbonyl (C=O) groups excluding carboxylic acids is 2. The number of hydrogen-bond acceptors (Lipinski definition) is 6. The lowest BCUT2D eigenvalue weighted by molar-refractivity contribution is -0.125. The Morgan fingerprint density at radius 3 is 2.60 bits per heavy atom. The fraction of sp³-hybridized carbons (Fsp3) is 0.765. The number of hydrogen-bond donors (Lipinski definition) is 1. The largest absolute Gasteiger partial charge is 0.356 e. The predicted octanol–water partition coefficient (Wildman–Crippen LogP) is 2.04. The molecule has 0 bridgehead atoms. The van der Waals surface area contributed by atoms with Crippen molar-refractivity contribution in [3.63, 3.8) is 0 Å². The summed E-state index contributed by atoms with van der Waals surface area (Å²) in [7, 11) is 0. The van der Waals surface area contributed by atoms with Crippen LogP contribution in [0.2, 0.25) is 0 Å². The van der Waals surface area contributed by atoms with Crippen LogP contribution < -0.4 is 15.1 Å². The molecular weight excluding hydrogens is 338 g/mol. The molecule has 0 spiro atoms. The van der Waals surface area contributed by atoms with Crippen molar-refractivity contribution in [1.82, 2.24) is 15.5 Å². The van der Waals surface area contributed by atoms with Gasteiger partial charge in [-0.15, -0.1) is 10.2 Å². The van der Waals surface area contributed by atoms with Crippen LogP contribution in [0.1, 0.15) is 46.0 Å². The minimum atomic E-state index is 0.0935. The molecular formula is C17H27N5O2S. The standard InChI is InChI=1S/C17H27N5O2S/c1-12(2)5-8-18-15(24)13-6-10-21(11-7-13)16-19-20-17(25-16)22-9-3-4-14(22)23/h12-13H,3-11H2,1-2H3,(H,18,24). The van der Waals surface area contributed by atoms with E-state index in [-0.39, 0.29) is 17.7 Å². The highest BCUT2D eigenvalue weighted by Gasteiger charge is 2.29. The lowest BCUT2D eigenvalue weighted by Crippen LogP contribution is -2.41. The first-order valence-electron chi connectivity index (χ1n) is 9.21. The second-order valence-electron chi connectivity index (χ2n) is 7.25. The first kappa shape index (κ1) is 18.1. The van der Waals surface area contributed by atoms with E-state index in [0.717, 1.165) is 57.0 Å². The van der Waals surface area contributed by atoms with Gasteiger partial charge in [0, 0.05) is 38.5 Å². The van der Waals surface area contributed by atoms with Gasteiger partial charge in [-0.1, -0.05) is 25.2 Å². The molecule has 3 heterocycles. The third-order valence-electron chi connectivity index (χ3n) is 4.87. The number of amides is 2. The first-order chi connectivity index (χ1) is 12.0. The van der Waals surface area contributed by atoms with E-state index in [1.807, 2.05) is 0 Å². The second kappa shape index (κ2) is 8.12. The highest BCUT2D eigenvalue weighted by atomic mass is 32.1. The summed E-state index contributed by atoms with van der Waals surface area (Å²) in [5.74, 6) is 1.02. The van der Waals surface area contributed by atoms with E-state index in [1.165, 1.54) is 11.3 Å². The molecule has 2 aliphatic heterocycles. The quantitative estimate of drug-likeness (QED) is 0.835. The third-order valence-corrected chi connectivity index (χ3v) is 5.87. The van der Waals surface area contributed by atoms with Gasteiger partial charge in [-0.25, -0.2) is 0 Å². The van der Waals surface area contributed by atoms with E-state index in [2.05, 4.69) is 34.3 Å². The van der Waals surface area contributed by atoms with Crippen LogP contribution in [-0.2, 0) is 9.59 Å². The van der Waals surface area contributed by atoms with Crippen LogP contribution in [-0.4, -0.2) is 48.2 Å². The molecule has 2 aliphatic rings. The normalized spacial score (nSPS) is 19.1. The van der Waals surface area contributed by atoms with E-state index in [9.17, 15) is 9.59 Å². The molecule has 0 aromatic carbocycles. The summed E-state index contributed by atoms with van der Waals surface area (Å²) in [6.45, 7) is 7.45. The summed E-state index contributed by atoms with van der Waals surface area (Å²) < 4.78 is 0. The van der Waals surface area contributed by atoms with Gasteiger partial charge >= 0.3 is 0 Å². The van der Waals surface area contributed by atoms with Gasteiger partial charge in [-0.3, -0.25) is 14.5 Å².